The van der Waals surface area contributed by atoms with Crippen molar-refractivity contribution in [2.45, 2.75) is 44.9 Å². The zero-order valence-corrected chi connectivity index (χ0v) is 10.1. The molecule has 0 radical (unpaired) electrons. The van der Waals surface area contributed by atoms with Gasteiger partial charge in [-0.1, -0.05) is 19.3 Å². The minimum absolute atomic E-state index is 0.361. The maximum absolute atomic E-state index is 11.2. The Hall–Kier alpha value is -1.51. The fourth-order valence-electron chi connectivity index (χ4n) is 2.97. The van der Waals surface area contributed by atoms with E-state index >= 15 is 0 Å². The van der Waals surface area contributed by atoms with Crippen molar-refractivity contribution < 1.29 is 4.42 Å². The van der Waals surface area contributed by atoms with Gasteiger partial charge in [0, 0.05) is 0 Å². The average molecular weight is 231 g/mol. The minimum Gasteiger partial charge on any atom is -0.408 e. The van der Waals surface area contributed by atoms with Crippen molar-refractivity contribution in [3.8, 4) is 0 Å². The number of hydrogen-bond donors (Lipinski definition) is 1. The molecule has 0 saturated heterocycles. The van der Waals surface area contributed by atoms with E-state index in [2.05, 4.69) is 18.0 Å². The number of aromatic amines is 1. The van der Waals surface area contributed by atoms with E-state index in [1.807, 2.05) is 6.07 Å². The molecule has 1 N–H and O–H groups in total. The molecule has 3 rings (SSSR count). The highest BCUT2D eigenvalue weighted by molar-refractivity contribution is 5.74. The summed E-state index contributed by atoms with van der Waals surface area (Å²) < 4.78 is 5.14. The molecule has 1 aromatic carbocycles. The van der Waals surface area contributed by atoms with Crippen molar-refractivity contribution in [2.75, 3.05) is 0 Å². The van der Waals surface area contributed by atoms with Gasteiger partial charge in [0.25, 0.3) is 0 Å². The normalized spacial score (nSPS) is 17.7. The van der Waals surface area contributed by atoms with Gasteiger partial charge < -0.3 is 4.42 Å². The molecule has 17 heavy (non-hydrogen) atoms. The van der Waals surface area contributed by atoms with Crippen molar-refractivity contribution in [3.63, 3.8) is 0 Å². The van der Waals surface area contributed by atoms with Crippen LogP contribution in [0.3, 0.4) is 0 Å². The van der Waals surface area contributed by atoms with Crippen LogP contribution in [0.4, 0.5) is 0 Å². The third kappa shape index (κ3) is 1.90. The highest BCUT2D eigenvalue weighted by Gasteiger charge is 2.18. The van der Waals surface area contributed by atoms with Gasteiger partial charge in [-0.25, -0.2) is 4.79 Å². The van der Waals surface area contributed by atoms with Gasteiger partial charge >= 0.3 is 5.76 Å². The van der Waals surface area contributed by atoms with Gasteiger partial charge in [-0.05, 0) is 48.9 Å². The van der Waals surface area contributed by atoms with Gasteiger partial charge in [-0.2, -0.15) is 0 Å². The van der Waals surface area contributed by atoms with Crippen molar-refractivity contribution in [2.24, 2.45) is 0 Å². The van der Waals surface area contributed by atoms with Crippen LogP contribution >= 0.6 is 0 Å². The highest BCUT2D eigenvalue weighted by Crippen LogP contribution is 2.35. The SMILES string of the molecule is Cc1cc2[nH]c(=O)oc2cc1C1CCCCC1. The van der Waals surface area contributed by atoms with E-state index in [4.69, 9.17) is 4.42 Å². The number of oxazole rings is 1. The molecular weight excluding hydrogens is 214 g/mol. The van der Waals surface area contributed by atoms with Crippen LogP contribution < -0.4 is 5.76 Å². The van der Waals surface area contributed by atoms with E-state index in [0.717, 1.165) is 5.52 Å². The molecule has 0 bridgehead atoms. The van der Waals surface area contributed by atoms with Crippen LogP contribution in [0.15, 0.2) is 21.3 Å². The Balaban J connectivity index is 2.08. The molecule has 1 aromatic heterocycles. The molecule has 1 saturated carbocycles. The topological polar surface area (TPSA) is 46.0 Å². The van der Waals surface area contributed by atoms with E-state index in [-0.39, 0.29) is 5.76 Å². The Morgan fingerprint density at radius 1 is 1.24 bits per heavy atom. The number of H-pyrrole nitrogens is 1. The molecule has 0 aliphatic heterocycles. The van der Waals surface area contributed by atoms with Crippen molar-refractivity contribution in [1.82, 2.24) is 4.98 Å². The lowest BCUT2D eigenvalue weighted by Crippen LogP contribution is -2.06. The lowest BCUT2D eigenvalue weighted by atomic mass is 9.82. The number of hydrogen-bond acceptors (Lipinski definition) is 2. The summed E-state index contributed by atoms with van der Waals surface area (Å²) in [7, 11) is 0. The van der Waals surface area contributed by atoms with E-state index in [0.29, 0.717) is 11.5 Å². The maximum Gasteiger partial charge on any atom is 0.417 e. The Bertz CT molecular complexity index is 588. The first kappa shape index (κ1) is 10.6. The van der Waals surface area contributed by atoms with Crippen molar-refractivity contribution in [1.29, 1.82) is 0 Å². The van der Waals surface area contributed by atoms with Crippen LogP contribution in [0.1, 0.15) is 49.1 Å². The summed E-state index contributed by atoms with van der Waals surface area (Å²) >= 11 is 0. The van der Waals surface area contributed by atoms with Gasteiger partial charge in [-0.3, -0.25) is 4.98 Å². The summed E-state index contributed by atoms with van der Waals surface area (Å²) in [5, 5.41) is 0. The van der Waals surface area contributed by atoms with Gasteiger partial charge in [0.2, 0.25) is 0 Å². The Morgan fingerprint density at radius 2 is 2.00 bits per heavy atom. The number of aryl methyl sites for hydroxylation is 1. The summed E-state index contributed by atoms with van der Waals surface area (Å²) in [6.45, 7) is 2.12. The lowest BCUT2D eigenvalue weighted by Gasteiger charge is -2.23. The molecule has 1 aliphatic carbocycles. The molecule has 1 fully saturated rings. The highest BCUT2D eigenvalue weighted by atomic mass is 16.4. The number of benzene rings is 1. The summed E-state index contributed by atoms with van der Waals surface area (Å²) in [5.41, 5.74) is 4.13. The average Bonchev–Trinajstić information content (AvgIpc) is 2.68. The summed E-state index contributed by atoms with van der Waals surface area (Å²) in [6.07, 6.45) is 6.53. The predicted octanol–water partition coefficient (Wildman–Crippen LogP) is 3.48. The maximum atomic E-state index is 11.2. The largest absolute Gasteiger partial charge is 0.417 e. The molecule has 2 aromatic rings. The van der Waals surface area contributed by atoms with Crippen LogP contribution in [0.5, 0.6) is 0 Å². The fraction of sp³-hybridized carbons (Fsp3) is 0.500. The monoisotopic (exact) mass is 231 g/mol. The van der Waals surface area contributed by atoms with Gasteiger partial charge in [-0.15, -0.1) is 0 Å². The van der Waals surface area contributed by atoms with E-state index in [1.165, 1.54) is 43.2 Å². The molecule has 0 unspecified atom stereocenters. The van der Waals surface area contributed by atoms with E-state index in [1.54, 1.807) is 0 Å². The van der Waals surface area contributed by atoms with Gasteiger partial charge in [0.05, 0.1) is 5.52 Å². The zero-order chi connectivity index (χ0) is 11.8. The minimum atomic E-state index is -0.361. The standard InChI is InChI=1S/C14H17NO2/c1-9-7-12-13(17-14(16)15-12)8-11(9)10-5-3-2-4-6-10/h7-8,10H,2-6H2,1H3,(H,15,16). The van der Waals surface area contributed by atoms with Crippen LogP contribution in [0, 0.1) is 6.92 Å². The Kier molecular flexibility index (Phi) is 2.54. The first-order valence-corrected chi connectivity index (χ1v) is 6.37. The third-order valence-corrected chi connectivity index (χ3v) is 3.85. The Morgan fingerprint density at radius 3 is 2.76 bits per heavy atom. The van der Waals surface area contributed by atoms with Crippen molar-refractivity contribution in [3.05, 3.63) is 33.8 Å². The molecule has 0 spiro atoms. The van der Waals surface area contributed by atoms with Crippen LogP contribution in [0.2, 0.25) is 0 Å². The number of rotatable bonds is 1. The van der Waals surface area contributed by atoms with E-state index in [9.17, 15) is 4.79 Å². The summed E-state index contributed by atoms with van der Waals surface area (Å²) in [4.78, 5) is 13.9. The number of nitrogens with one attached hydrogen (secondary N) is 1. The Labute approximate surface area is 99.8 Å². The number of fused-ring (bicyclic) bond motifs is 1. The second kappa shape index (κ2) is 4.06. The quantitative estimate of drug-likeness (QED) is 0.816. The summed E-state index contributed by atoms with van der Waals surface area (Å²) in [5.74, 6) is 0.286. The van der Waals surface area contributed by atoms with Crippen molar-refractivity contribution >= 4 is 11.1 Å². The van der Waals surface area contributed by atoms with Crippen LogP contribution in [-0.2, 0) is 0 Å². The van der Waals surface area contributed by atoms with Crippen LogP contribution in [-0.4, -0.2) is 4.98 Å². The number of aromatic nitrogens is 1. The molecule has 3 nitrogen and oxygen atoms in total. The fourth-order valence-corrected chi connectivity index (χ4v) is 2.97. The third-order valence-electron chi connectivity index (χ3n) is 3.85. The lowest BCUT2D eigenvalue weighted by molar-refractivity contribution is 0.442. The molecule has 1 heterocycles. The molecule has 1 aliphatic rings. The molecule has 90 valence electrons. The molecule has 0 amide bonds. The predicted molar refractivity (Wildman–Crippen MR) is 67.4 cm³/mol. The molecule has 0 atom stereocenters. The first-order valence-electron chi connectivity index (χ1n) is 6.37. The van der Waals surface area contributed by atoms with Gasteiger partial charge in [0.15, 0.2) is 5.58 Å². The molecular formula is C14H17NO2. The summed E-state index contributed by atoms with van der Waals surface area (Å²) in [6, 6.07) is 4.09. The first-order chi connectivity index (χ1) is 8.24. The second-order valence-corrected chi connectivity index (χ2v) is 5.05. The smallest absolute Gasteiger partial charge is 0.408 e. The van der Waals surface area contributed by atoms with Crippen LogP contribution in [0.25, 0.3) is 11.1 Å². The second-order valence-electron chi connectivity index (χ2n) is 5.05. The zero-order valence-electron chi connectivity index (χ0n) is 10.1. The molecule has 3 heteroatoms. The van der Waals surface area contributed by atoms with Gasteiger partial charge in [0.1, 0.15) is 0 Å². The van der Waals surface area contributed by atoms with E-state index < -0.39 is 0 Å².